The van der Waals surface area contributed by atoms with Gasteiger partial charge in [-0.3, -0.25) is 5.10 Å². The molecule has 2 aromatic rings. The van der Waals surface area contributed by atoms with E-state index in [4.69, 9.17) is 5.11 Å². The number of benzene rings is 1. The molecule has 6 nitrogen and oxygen atoms in total. The number of amides is 2. The molecule has 22 heavy (non-hydrogen) atoms. The first-order chi connectivity index (χ1) is 10.6. The lowest BCUT2D eigenvalue weighted by molar-refractivity contribution is 0.227. The number of nitrogens with one attached hydrogen (secondary N) is 3. The van der Waals surface area contributed by atoms with Gasteiger partial charge in [-0.2, -0.15) is 5.10 Å². The molecule has 1 unspecified atom stereocenters. The summed E-state index contributed by atoms with van der Waals surface area (Å²) in [5.41, 5.74) is 2.65. The minimum Gasteiger partial charge on any atom is -0.396 e. The summed E-state index contributed by atoms with van der Waals surface area (Å²) in [5.74, 6) is 0.264. The highest BCUT2D eigenvalue weighted by Crippen LogP contribution is 2.18. The van der Waals surface area contributed by atoms with Crippen molar-refractivity contribution in [3.05, 3.63) is 36.5 Å². The smallest absolute Gasteiger partial charge is 0.319 e. The molecule has 1 aromatic heterocycles. The monoisotopic (exact) mass is 302 g/mol. The summed E-state index contributed by atoms with van der Waals surface area (Å²) in [5, 5.41) is 21.5. The second-order valence-electron chi connectivity index (χ2n) is 5.51. The number of anilines is 1. The molecule has 0 bridgehead atoms. The van der Waals surface area contributed by atoms with Crippen molar-refractivity contribution in [2.45, 2.75) is 26.3 Å². The van der Waals surface area contributed by atoms with E-state index < -0.39 is 0 Å². The van der Waals surface area contributed by atoms with Crippen LogP contribution in [0.3, 0.4) is 0 Å². The molecule has 118 valence electrons. The van der Waals surface area contributed by atoms with Crippen LogP contribution in [0.5, 0.6) is 0 Å². The second kappa shape index (κ2) is 7.61. The quantitative estimate of drug-likeness (QED) is 0.661. The molecule has 0 aliphatic rings. The van der Waals surface area contributed by atoms with Gasteiger partial charge in [0.1, 0.15) is 0 Å². The van der Waals surface area contributed by atoms with Crippen LogP contribution in [0.1, 0.15) is 20.3 Å². The zero-order valence-corrected chi connectivity index (χ0v) is 12.8. The van der Waals surface area contributed by atoms with Crippen LogP contribution in [0.2, 0.25) is 0 Å². The van der Waals surface area contributed by atoms with E-state index in [-0.39, 0.29) is 24.6 Å². The highest BCUT2D eigenvalue weighted by atomic mass is 16.3. The molecule has 2 amide bonds. The Morgan fingerprint density at radius 1 is 1.27 bits per heavy atom. The molecular formula is C16H22N4O2. The number of nitrogens with zero attached hydrogens (tertiary/aromatic N) is 1. The van der Waals surface area contributed by atoms with Crippen molar-refractivity contribution in [3.63, 3.8) is 0 Å². The van der Waals surface area contributed by atoms with Gasteiger partial charge in [0.15, 0.2) is 0 Å². The minimum atomic E-state index is -0.263. The number of aromatic nitrogens is 2. The van der Waals surface area contributed by atoms with Crippen LogP contribution < -0.4 is 10.6 Å². The van der Waals surface area contributed by atoms with Crippen molar-refractivity contribution in [3.8, 4) is 11.3 Å². The SMILES string of the molecule is CC(C)C(CCO)NC(=O)Nc1ccc(-c2ccn[nH]2)cc1. The first-order valence-electron chi connectivity index (χ1n) is 7.38. The van der Waals surface area contributed by atoms with Gasteiger partial charge in [0, 0.05) is 24.5 Å². The molecule has 2 rings (SSSR count). The van der Waals surface area contributed by atoms with Gasteiger partial charge in [-0.15, -0.1) is 0 Å². The van der Waals surface area contributed by atoms with Gasteiger partial charge in [-0.1, -0.05) is 26.0 Å². The molecule has 1 atom stereocenters. The first-order valence-corrected chi connectivity index (χ1v) is 7.38. The lowest BCUT2D eigenvalue weighted by Crippen LogP contribution is -2.41. The van der Waals surface area contributed by atoms with Crippen molar-refractivity contribution >= 4 is 11.7 Å². The van der Waals surface area contributed by atoms with Crippen LogP contribution >= 0.6 is 0 Å². The van der Waals surface area contributed by atoms with Crippen LogP contribution in [-0.4, -0.2) is 34.0 Å². The van der Waals surface area contributed by atoms with Crippen LogP contribution in [0.4, 0.5) is 10.5 Å². The average Bonchev–Trinajstić information content (AvgIpc) is 3.01. The molecule has 0 aliphatic carbocycles. The average molecular weight is 302 g/mol. The number of hydrogen-bond acceptors (Lipinski definition) is 3. The fourth-order valence-corrected chi connectivity index (χ4v) is 2.20. The number of H-pyrrole nitrogens is 1. The van der Waals surface area contributed by atoms with Crippen molar-refractivity contribution in [1.29, 1.82) is 0 Å². The number of carbonyl (C=O) groups excluding carboxylic acids is 1. The molecule has 6 heteroatoms. The molecular weight excluding hydrogens is 280 g/mol. The number of aromatic amines is 1. The Hall–Kier alpha value is -2.34. The highest BCUT2D eigenvalue weighted by molar-refractivity contribution is 5.89. The standard InChI is InChI=1S/C16H22N4O2/c1-11(2)14(8-10-21)19-16(22)18-13-5-3-12(4-6-13)15-7-9-17-20-15/h3-7,9,11,14,21H,8,10H2,1-2H3,(H,17,20)(H2,18,19,22). The van der Waals surface area contributed by atoms with E-state index in [1.807, 2.05) is 44.2 Å². The molecule has 0 spiro atoms. The fraction of sp³-hybridized carbons (Fsp3) is 0.375. The molecule has 1 heterocycles. The third kappa shape index (κ3) is 4.33. The van der Waals surface area contributed by atoms with E-state index in [2.05, 4.69) is 20.8 Å². The van der Waals surface area contributed by atoms with Gasteiger partial charge < -0.3 is 15.7 Å². The number of urea groups is 1. The predicted molar refractivity (Wildman–Crippen MR) is 86.5 cm³/mol. The van der Waals surface area contributed by atoms with Crippen LogP contribution in [0.15, 0.2) is 36.5 Å². The van der Waals surface area contributed by atoms with Gasteiger partial charge in [-0.05, 0) is 36.1 Å². The summed E-state index contributed by atoms with van der Waals surface area (Å²) in [6, 6.07) is 9.08. The topological polar surface area (TPSA) is 90.0 Å². The summed E-state index contributed by atoms with van der Waals surface area (Å²) in [7, 11) is 0. The second-order valence-corrected chi connectivity index (χ2v) is 5.51. The normalized spacial score (nSPS) is 12.2. The molecule has 0 saturated heterocycles. The van der Waals surface area contributed by atoms with Crippen LogP contribution in [-0.2, 0) is 0 Å². The van der Waals surface area contributed by atoms with Crippen molar-refractivity contribution in [2.75, 3.05) is 11.9 Å². The third-order valence-electron chi connectivity index (χ3n) is 3.52. The first kappa shape index (κ1) is 16.0. The highest BCUT2D eigenvalue weighted by Gasteiger charge is 2.15. The van der Waals surface area contributed by atoms with Crippen molar-refractivity contribution < 1.29 is 9.90 Å². The number of carbonyl (C=O) groups is 1. The van der Waals surface area contributed by atoms with E-state index in [0.29, 0.717) is 12.1 Å². The third-order valence-corrected chi connectivity index (χ3v) is 3.52. The molecule has 4 N–H and O–H groups in total. The number of hydrogen-bond donors (Lipinski definition) is 4. The van der Waals surface area contributed by atoms with E-state index in [9.17, 15) is 4.79 Å². The van der Waals surface area contributed by atoms with E-state index in [0.717, 1.165) is 11.3 Å². The molecule has 1 aromatic carbocycles. The maximum Gasteiger partial charge on any atom is 0.319 e. The van der Waals surface area contributed by atoms with Gasteiger partial charge in [0.25, 0.3) is 0 Å². The van der Waals surface area contributed by atoms with Gasteiger partial charge in [0.2, 0.25) is 0 Å². The molecule has 0 fully saturated rings. The number of aliphatic hydroxyl groups excluding tert-OH is 1. The van der Waals surface area contributed by atoms with Crippen LogP contribution in [0.25, 0.3) is 11.3 Å². The molecule has 0 aliphatic heterocycles. The van der Waals surface area contributed by atoms with E-state index in [1.54, 1.807) is 6.20 Å². The lowest BCUT2D eigenvalue weighted by atomic mass is 10.0. The Bertz CT molecular complexity index is 579. The molecule has 0 radical (unpaired) electrons. The van der Waals surface area contributed by atoms with Gasteiger partial charge in [0.05, 0.1) is 5.69 Å². The fourth-order valence-electron chi connectivity index (χ4n) is 2.20. The summed E-state index contributed by atoms with van der Waals surface area (Å²) in [6.45, 7) is 4.08. The van der Waals surface area contributed by atoms with Gasteiger partial charge in [-0.25, -0.2) is 4.79 Å². The summed E-state index contributed by atoms with van der Waals surface area (Å²) in [6.07, 6.45) is 2.24. The number of rotatable bonds is 6. The minimum absolute atomic E-state index is 0.0470. The Morgan fingerprint density at radius 2 is 2.00 bits per heavy atom. The summed E-state index contributed by atoms with van der Waals surface area (Å²) >= 11 is 0. The zero-order chi connectivity index (χ0) is 15.9. The maximum atomic E-state index is 12.0. The summed E-state index contributed by atoms with van der Waals surface area (Å²) < 4.78 is 0. The summed E-state index contributed by atoms with van der Waals surface area (Å²) in [4.78, 5) is 12.0. The van der Waals surface area contributed by atoms with Gasteiger partial charge >= 0.3 is 6.03 Å². The number of aliphatic hydroxyl groups is 1. The Kier molecular flexibility index (Phi) is 5.55. The predicted octanol–water partition coefficient (Wildman–Crippen LogP) is 2.61. The largest absolute Gasteiger partial charge is 0.396 e. The van der Waals surface area contributed by atoms with E-state index >= 15 is 0 Å². The molecule has 0 saturated carbocycles. The lowest BCUT2D eigenvalue weighted by Gasteiger charge is -2.21. The Labute approximate surface area is 129 Å². The van der Waals surface area contributed by atoms with E-state index in [1.165, 1.54) is 0 Å². The zero-order valence-electron chi connectivity index (χ0n) is 12.8. The maximum absolute atomic E-state index is 12.0. The van der Waals surface area contributed by atoms with Crippen molar-refractivity contribution in [1.82, 2.24) is 15.5 Å². The van der Waals surface area contributed by atoms with Crippen molar-refractivity contribution in [2.24, 2.45) is 5.92 Å². The Balaban J connectivity index is 1.94. The Morgan fingerprint density at radius 3 is 2.55 bits per heavy atom. The van der Waals surface area contributed by atoms with Crippen LogP contribution in [0, 0.1) is 5.92 Å².